The molecule has 0 aromatic heterocycles. The SMILES string of the molecule is CC(C)(C)c1cccc(-c2ccc3cccc4c3c2C(=O)NC4=O)c1C(C)(C)C. The highest BCUT2D eigenvalue weighted by Crippen LogP contribution is 2.43. The fourth-order valence-electron chi connectivity index (χ4n) is 4.47. The second-order valence-electron chi connectivity index (χ2n) is 9.90. The minimum absolute atomic E-state index is 0.0317. The normalized spacial score (nSPS) is 14.3. The zero-order valence-corrected chi connectivity index (χ0v) is 17.9. The van der Waals surface area contributed by atoms with Crippen molar-refractivity contribution in [3.8, 4) is 11.1 Å². The number of nitrogens with one attached hydrogen (secondary N) is 1. The molecule has 0 radical (unpaired) electrons. The average Bonchev–Trinajstić information content (AvgIpc) is 2.63. The molecule has 3 aromatic rings. The van der Waals surface area contributed by atoms with Crippen LogP contribution in [0.4, 0.5) is 0 Å². The highest BCUT2D eigenvalue weighted by molar-refractivity contribution is 6.27. The quantitative estimate of drug-likeness (QED) is 0.523. The van der Waals surface area contributed by atoms with Crippen molar-refractivity contribution in [2.24, 2.45) is 0 Å². The highest BCUT2D eigenvalue weighted by Gasteiger charge is 2.32. The van der Waals surface area contributed by atoms with Gasteiger partial charge in [0.05, 0.1) is 5.56 Å². The second-order valence-corrected chi connectivity index (χ2v) is 9.90. The molecular formula is C26H27NO2. The van der Waals surface area contributed by atoms with Gasteiger partial charge in [-0.1, -0.05) is 84.0 Å². The van der Waals surface area contributed by atoms with E-state index in [0.717, 1.165) is 21.9 Å². The minimum atomic E-state index is -0.329. The smallest absolute Gasteiger partial charge is 0.259 e. The predicted molar refractivity (Wildman–Crippen MR) is 119 cm³/mol. The Morgan fingerprint density at radius 1 is 0.655 bits per heavy atom. The molecule has 0 spiro atoms. The molecule has 0 unspecified atom stereocenters. The number of amides is 2. The largest absolute Gasteiger partial charge is 0.288 e. The molecule has 1 aliphatic heterocycles. The number of imide groups is 1. The molecular weight excluding hydrogens is 358 g/mol. The van der Waals surface area contributed by atoms with Crippen LogP contribution < -0.4 is 5.32 Å². The van der Waals surface area contributed by atoms with Crippen molar-refractivity contribution in [2.75, 3.05) is 0 Å². The maximum absolute atomic E-state index is 13.0. The zero-order chi connectivity index (χ0) is 21.1. The number of rotatable bonds is 1. The number of hydrogen-bond donors (Lipinski definition) is 1. The Bertz CT molecular complexity index is 1170. The van der Waals surface area contributed by atoms with E-state index < -0.39 is 0 Å². The molecule has 0 bridgehead atoms. The summed E-state index contributed by atoms with van der Waals surface area (Å²) in [6, 6.07) is 16.0. The van der Waals surface area contributed by atoms with E-state index >= 15 is 0 Å². The molecule has 3 nitrogen and oxygen atoms in total. The van der Waals surface area contributed by atoms with Crippen LogP contribution in [0.1, 0.15) is 73.4 Å². The van der Waals surface area contributed by atoms with Gasteiger partial charge < -0.3 is 0 Å². The van der Waals surface area contributed by atoms with Crippen molar-refractivity contribution >= 4 is 22.6 Å². The third-order valence-electron chi connectivity index (χ3n) is 5.66. The molecule has 0 saturated carbocycles. The summed E-state index contributed by atoms with van der Waals surface area (Å²) in [6.07, 6.45) is 0. The van der Waals surface area contributed by atoms with Crippen molar-refractivity contribution in [1.29, 1.82) is 0 Å². The van der Waals surface area contributed by atoms with Gasteiger partial charge >= 0.3 is 0 Å². The fraction of sp³-hybridized carbons (Fsp3) is 0.308. The van der Waals surface area contributed by atoms with Crippen LogP contribution in [0.5, 0.6) is 0 Å². The molecule has 0 aliphatic carbocycles. The third-order valence-corrected chi connectivity index (χ3v) is 5.66. The summed E-state index contributed by atoms with van der Waals surface area (Å²) >= 11 is 0. The van der Waals surface area contributed by atoms with Gasteiger partial charge in [-0.05, 0) is 44.5 Å². The maximum atomic E-state index is 13.0. The average molecular weight is 386 g/mol. The molecule has 1 aliphatic rings. The lowest BCUT2D eigenvalue weighted by molar-refractivity contribution is 0.0845. The van der Waals surface area contributed by atoms with Crippen LogP contribution in [0, 0.1) is 0 Å². The Labute approximate surface area is 172 Å². The van der Waals surface area contributed by atoms with E-state index in [4.69, 9.17) is 0 Å². The molecule has 148 valence electrons. The Morgan fingerprint density at radius 3 is 1.97 bits per heavy atom. The summed E-state index contributed by atoms with van der Waals surface area (Å²) in [4.78, 5) is 25.4. The first-order valence-electron chi connectivity index (χ1n) is 10.1. The van der Waals surface area contributed by atoms with Crippen LogP contribution >= 0.6 is 0 Å². The minimum Gasteiger partial charge on any atom is -0.288 e. The maximum Gasteiger partial charge on any atom is 0.259 e. The van der Waals surface area contributed by atoms with Crippen molar-refractivity contribution in [3.05, 3.63) is 70.8 Å². The molecule has 0 fully saturated rings. The Kier molecular flexibility index (Phi) is 4.20. The number of benzene rings is 3. The fourth-order valence-corrected chi connectivity index (χ4v) is 4.47. The first-order chi connectivity index (χ1) is 13.5. The molecule has 1 N–H and O–H groups in total. The van der Waals surface area contributed by atoms with E-state index in [9.17, 15) is 9.59 Å². The van der Waals surface area contributed by atoms with Crippen molar-refractivity contribution in [2.45, 2.75) is 52.4 Å². The van der Waals surface area contributed by atoms with Crippen molar-refractivity contribution < 1.29 is 9.59 Å². The standard InChI is InChI=1S/C26H27NO2/c1-25(2,3)19-12-8-10-17(22(19)26(4,5)6)16-14-13-15-9-7-11-18-20(15)21(16)24(29)27-23(18)28/h7-14H,1-6H3,(H,27,28,29). The molecule has 4 rings (SSSR count). The van der Waals surface area contributed by atoms with Gasteiger partial charge in [-0.15, -0.1) is 0 Å². The van der Waals surface area contributed by atoms with Crippen LogP contribution in [0.25, 0.3) is 21.9 Å². The van der Waals surface area contributed by atoms with Gasteiger partial charge in [-0.3, -0.25) is 14.9 Å². The summed E-state index contributed by atoms with van der Waals surface area (Å²) in [7, 11) is 0. The summed E-state index contributed by atoms with van der Waals surface area (Å²) in [5.74, 6) is -0.653. The topological polar surface area (TPSA) is 46.2 Å². The lowest BCUT2D eigenvalue weighted by Gasteiger charge is -2.33. The van der Waals surface area contributed by atoms with Crippen molar-refractivity contribution in [3.63, 3.8) is 0 Å². The van der Waals surface area contributed by atoms with E-state index in [0.29, 0.717) is 11.1 Å². The lowest BCUT2D eigenvalue weighted by Crippen LogP contribution is -2.35. The first-order valence-corrected chi connectivity index (χ1v) is 10.1. The molecule has 2 amide bonds. The van der Waals surface area contributed by atoms with Crippen LogP contribution in [0.15, 0.2) is 48.5 Å². The van der Waals surface area contributed by atoms with Crippen LogP contribution in [-0.2, 0) is 10.8 Å². The van der Waals surface area contributed by atoms with Crippen LogP contribution in [0.2, 0.25) is 0 Å². The van der Waals surface area contributed by atoms with E-state index in [1.807, 2.05) is 24.3 Å². The summed E-state index contributed by atoms with van der Waals surface area (Å²) in [5, 5.41) is 4.19. The Hall–Kier alpha value is -2.94. The summed E-state index contributed by atoms with van der Waals surface area (Å²) in [6.45, 7) is 13.3. The third kappa shape index (κ3) is 3.05. The number of carbonyl (C=O) groups excluding carboxylic acids is 2. The van der Waals surface area contributed by atoms with E-state index in [1.165, 1.54) is 11.1 Å². The Morgan fingerprint density at radius 2 is 1.31 bits per heavy atom. The van der Waals surface area contributed by atoms with E-state index in [-0.39, 0.29) is 22.6 Å². The van der Waals surface area contributed by atoms with Gasteiger partial charge in [0.15, 0.2) is 0 Å². The summed E-state index contributed by atoms with van der Waals surface area (Å²) < 4.78 is 0. The predicted octanol–water partition coefficient (Wildman–Crippen LogP) is 5.99. The van der Waals surface area contributed by atoms with Crippen molar-refractivity contribution in [1.82, 2.24) is 5.32 Å². The van der Waals surface area contributed by atoms with Crippen LogP contribution in [-0.4, -0.2) is 11.8 Å². The van der Waals surface area contributed by atoms with Gasteiger partial charge in [-0.2, -0.15) is 0 Å². The highest BCUT2D eigenvalue weighted by atomic mass is 16.2. The Balaban J connectivity index is 2.15. The van der Waals surface area contributed by atoms with Gasteiger partial charge in [-0.25, -0.2) is 0 Å². The lowest BCUT2D eigenvalue weighted by atomic mass is 9.71. The van der Waals surface area contributed by atoms with Gasteiger partial charge in [0.25, 0.3) is 11.8 Å². The molecule has 3 aromatic carbocycles. The molecule has 0 atom stereocenters. The molecule has 3 heteroatoms. The first kappa shape index (κ1) is 19.4. The number of carbonyl (C=O) groups is 2. The second kappa shape index (κ2) is 6.28. The molecule has 0 saturated heterocycles. The molecule has 1 heterocycles. The molecule has 29 heavy (non-hydrogen) atoms. The van der Waals surface area contributed by atoms with E-state index in [2.05, 4.69) is 65.1 Å². The van der Waals surface area contributed by atoms with E-state index in [1.54, 1.807) is 6.07 Å². The monoisotopic (exact) mass is 385 g/mol. The van der Waals surface area contributed by atoms with Gasteiger partial charge in [0.2, 0.25) is 0 Å². The summed E-state index contributed by atoms with van der Waals surface area (Å²) in [5.41, 5.74) is 5.46. The zero-order valence-electron chi connectivity index (χ0n) is 17.9. The van der Waals surface area contributed by atoms with Gasteiger partial charge in [0, 0.05) is 10.9 Å². The van der Waals surface area contributed by atoms with Crippen LogP contribution in [0.3, 0.4) is 0 Å². The number of hydrogen-bond acceptors (Lipinski definition) is 2. The van der Waals surface area contributed by atoms with Gasteiger partial charge in [0.1, 0.15) is 0 Å².